The molecule has 2 aromatic heterocycles. The van der Waals surface area contributed by atoms with E-state index in [0.717, 1.165) is 55.6 Å². The summed E-state index contributed by atoms with van der Waals surface area (Å²) in [4.78, 5) is 0. The van der Waals surface area contributed by atoms with E-state index in [1.165, 1.54) is 22.3 Å². The number of aromatic amines is 1. The van der Waals surface area contributed by atoms with Crippen LogP contribution in [0.5, 0.6) is 0 Å². The highest BCUT2D eigenvalue weighted by Gasteiger charge is 2.26. The molecule has 0 radical (unpaired) electrons. The first-order valence-corrected chi connectivity index (χ1v) is 9.41. The van der Waals surface area contributed by atoms with Gasteiger partial charge in [0.15, 0.2) is 0 Å². The Morgan fingerprint density at radius 1 is 1.19 bits per heavy atom. The number of nitrogens with zero attached hydrogens (tertiary/aromatic N) is 1. The van der Waals surface area contributed by atoms with Gasteiger partial charge in [-0.1, -0.05) is 18.2 Å². The van der Waals surface area contributed by atoms with Crippen molar-refractivity contribution in [2.75, 3.05) is 0 Å². The van der Waals surface area contributed by atoms with E-state index in [0.29, 0.717) is 6.04 Å². The van der Waals surface area contributed by atoms with Crippen molar-refractivity contribution in [1.82, 2.24) is 15.5 Å². The third kappa shape index (κ3) is 2.77. The molecule has 0 saturated heterocycles. The van der Waals surface area contributed by atoms with Crippen molar-refractivity contribution in [1.29, 1.82) is 0 Å². The van der Waals surface area contributed by atoms with Gasteiger partial charge >= 0.3 is 0 Å². The second kappa shape index (κ2) is 6.41. The molecular formula is C21H23N3O2. The largest absolute Gasteiger partial charge is 0.472 e. The van der Waals surface area contributed by atoms with Crippen LogP contribution in [-0.4, -0.2) is 27.4 Å². The minimum Gasteiger partial charge on any atom is -0.472 e. The second-order valence-corrected chi connectivity index (χ2v) is 7.49. The SMILES string of the molecule is OC1CCC(NCc2ccc3c(c2)Cc2c(-c4ccoc4)n[nH]c2-3)CC1. The zero-order valence-electron chi connectivity index (χ0n) is 14.7. The molecule has 0 amide bonds. The molecule has 1 aromatic carbocycles. The number of aliphatic hydroxyl groups is 1. The van der Waals surface area contributed by atoms with Crippen molar-refractivity contribution in [3.05, 3.63) is 53.5 Å². The zero-order chi connectivity index (χ0) is 17.5. The molecular weight excluding hydrogens is 326 g/mol. The molecule has 2 aliphatic carbocycles. The van der Waals surface area contributed by atoms with Gasteiger partial charge < -0.3 is 14.8 Å². The van der Waals surface area contributed by atoms with Crippen LogP contribution in [0.3, 0.4) is 0 Å². The summed E-state index contributed by atoms with van der Waals surface area (Å²) in [5.41, 5.74) is 8.34. The Morgan fingerprint density at radius 2 is 2.08 bits per heavy atom. The lowest BCUT2D eigenvalue weighted by Gasteiger charge is -2.26. The van der Waals surface area contributed by atoms with Crippen LogP contribution in [0.4, 0.5) is 0 Å². The summed E-state index contributed by atoms with van der Waals surface area (Å²) >= 11 is 0. The molecule has 0 bridgehead atoms. The highest BCUT2D eigenvalue weighted by Crippen LogP contribution is 2.40. The van der Waals surface area contributed by atoms with Gasteiger partial charge in [-0.25, -0.2) is 0 Å². The van der Waals surface area contributed by atoms with Crippen LogP contribution in [0.15, 0.2) is 41.2 Å². The number of rotatable bonds is 4. The summed E-state index contributed by atoms with van der Waals surface area (Å²) < 4.78 is 5.21. The zero-order valence-corrected chi connectivity index (χ0v) is 14.7. The average molecular weight is 349 g/mol. The molecule has 134 valence electrons. The van der Waals surface area contributed by atoms with Crippen LogP contribution in [0.25, 0.3) is 22.5 Å². The summed E-state index contributed by atoms with van der Waals surface area (Å²) in [6.45, 7) is 0.884. The third-order valence-electron chi connectivity index (χ3n) is 5.76. The van der Waals surface area contributed by atoms with E-state index in [1.54, 1.807) is 12.5 Å². The van der Waals surface area contributed by atoms with E-state index >= 15 is 0 Å². The molecule has 0 atom stereocenters. The van der Waals surface area contributed by atoms with Gasteiger partial charge in [0.05, 0.1) is 30.0 Å². The first-order valence-electron chi connectivity index (χ1n) is 9.41. The fourth-order valence-electron chi connectivity index (χ4n) is 4.28. The molecule has 3 N–H and O–H groups in total. The van der Waals surface area contributed by atoms with E-state index in [1.807, 2.05) is 6.07 Å². The Balaban J connectivity index is 1.32. The van der Waals surface area contributed by atoms with E-state index in [9.17, 15) is 5.11 Å². The maximum Gasteiger partial charge on any atom is 0.0997 e. The topological polar surface area (TPSA) is 74.1 Å². The summed E-state index contributed by atoms with van der Waals surface area (Å²) in [5, 5.41) is 21.0. The molecule has 2 aliphatic rings. The summed E-state index contributed by atoms with van der Waals surface area (Å²) in [6, 6.07) is 9.20. The highest BCUT2D eigenvalue weighted by atomic mass is 16.3. The molecule has 3 aromatic rings. The van der Waals surface area contributed by atoms with Crippen molar-refractivity contribution in [3.8, 4) is 22.5 Å². The normalized spacial score (nSPS) is 21.6. The minimum absolute atomic E-state index is 0.0971. The van der Waals surface area contributed by atoms with Crippen LogP contribution in [0.2, 0.25) is 0 Å². The molecule has 26 heavy (non-hydrogen) atoms. The lowest BCUT2D eigenvalue weighted by Crippen LogP contribution is -2.34. The molecule has 2 heterocycles. The monoisotopic (exact) mass is 349 g/mol. The fraction of sp³-hybridized carbons (Fsp3) is 0.381. The number of furan rings is 1. The van der Waals surface area contributed by atoms with Gasteiger partial charge in [-0.2, -0.15) is 5.10 Å². The van der Waals surface area contributed by atoms with Crippen LogP contribution in [-0.2, 0) is 13.0 Å². The number of aliphatic hydroxyl groups excluding tert-OH is 1. The number of hydrogen-bond acceptors (Lipinski definition) is 4. The lowest BCUT2D eigenvalue weighted by atomic mass is 9.93. The molecule has 0 aliphatic heterocycles. The van der Waals surface area contributed by atoms with Crippen molar-refractivity contribution < 1.29 is 9.52 Å². The van der Waals surface area contributed by atoms with Gasteiger partial charge in [0.25, 0.3) is 0 Å². The van der Waals surface area contributed by atoms with Gasteiger partial charge in [0, 0.05) is 35.7 Å². The van der Waals surface area contributed by atoms with Crippen LogP contribution < -0.4 is 5.32 Å². The van der Waals surface area contributed by atoms with Gasteiger partial charge in [-0.05, 0) is 42.9 Å². The Labute approximate surface area is 152 Å². The smallest absolute Gasteiger partial charge is 0.0997 e. The van der Waals surface area contributed by atoms with Crippen molar-refractivity contribution in [2.45, 2.75) is 50.8 Å². The number of aromatic nitrogens is 2. The van der Waals surface area contributed by atoms with Gasteiger partial charge in [0.2, 0.25) is 0 Å². The average Bonchev–Trinajstić information content (AvgIpc) is 3.37. The maximum absolute atomic E-state index is 9.63. The third-order valence-corrected chi connectivity index (χ3v) is 5.76. The van der Waals surface area contributed by atoms with Crippen LogP contribution in [0, 0.1) is 0 Å². The molecule has 0 spiro atoms. The Morgan fingerprint density at radius 3 is 2.88 bits per heavy atom. The quantitative estimate of drug-likeness (QED) is 0.526. The van der Waals surface area contributed by atoms with E-state index in [-0.39, 0.29) is 6.10 Å². The number of benzene rings is 1. The van der Waals surface area contributed by atoms with Gasteiger partial charge in [-0.15, -0.1) is 0 Å². The Bertz CT molecular complexity index is 905. The molecule has 5 heteroatoms. The maximum atomic E-state index is 9.63. The summed E-state index contributed by atoms with van der Waals surface area (Å²) in [5.74, 6) is 0. The minimum atomic E-state index is -0.0971. The van der Waals surface area contributed by atoms with Gasteiger partial charge in [-0.3, -0.25) is 5.10 Å². The van der Waals surface area contributed by atoms with Crippen LogP contribution in [0.1, 0.15) is 42.4 Å². The molecule has 0 unspecified atom stereocenters. The van der Waals surface area contributed by atoms with E-state index in [4.69, 9.17) is 4.42 Å². The fourth-order valence-corrected chi connectivity index (χ4v) is 4.28. The second-order valence-electron chi connectivity index (χ2n) is 7.49. The number of nitrogens with one attached hydrogen (secondary N) is 2. The number of H-pyrrole nitrogens is 1. The summed E-state index contributed by atoms with van der Waals surface area (Å²) in [7, 11) is 0. The predicted molar refractivity (Wildman–Crippen MR) is 99.6 cm³/mol. The molecule has 5 rings (SSSR count). The standard InChI is InChI=1S/C21H23N3O2/c25-17-4-2-16(3-5-17)22-11-13-1-6-18-15(9-13)10-19-20(23-24-21(18)19)14-7-8-26-12-14/h1,6-9,12,16-17,22,25H,2-5,10-11H2,(H,23,24). The van der Waals surface area contributed by atoms with Crippen molar-refractivity contribution in [2.24, 2.45) is 0 Å². The first kappa shape index (κ1) is 15.9. The molecule has 1 saturated carbocycles. The Hall–Kier alpha value is -2.37. The van der Waals surface area contributed by atoms with E-state index < -0.39 is 0 Å². The molecule has 5 nitrogen and oxygen atoms in total. The Kier molecular flexibility index (Phi) is 3.91. The van der Waals surface area contributed by atoms with Crippen molar-refractivity contribution in [3.63, 3.8) is 0 Å². The van der Waals surface area contributed by atoms with E-state index in [2.05, 4.69) is 33.7 Å². The first-order chi connectivity index (χ1) is 12.8. The van der Waals surface area contributed by atoms with Crippen molar-refractivity contribution >= 4 is 0 Å². The highest BCUT2D eigenvalue weighted by molar-refractivity contribution is 5.80. The lowest BCUT2D eigenvalue weighted by molar-refractivity contribution is 0.116. The molecule has 1 fully saturated rings. The van der Waals surface area contributed by atoms with Crippen LogP contribution >= 0.6 is 0 Å². The number of hydrogen-bond donors (Lipinski definition) is 3. The number of fused-ring (bicyclic) bond motifs is 3. The predicted octanol–water partition coefficient (Wildman–Crippen LogP) is 3.63. The van der Waals surface area contributed by atoms with Gasteiger partial charge in [0.1, 0.15) is 0 Å². The summed E-state index contributed by atoms with van der Waals surface area (Å²) in [6.07, 6.45) is 8.21.